The number of hydrogen-bond acceptors (Lipinski definition) is 3. The lowest BCUT2D eigenvalue weighted by atomic mass is 9.74. The smallest absolute Gasteiger partial charge is 0.402 e. The molecule has 1 saturated heterocycles. The maximum Gasteiger partial charge on any atom is 0.480 e. The van der Waals surface area contributed by atoms with Crippen molar-refractivity contribution in [3.05, 3.63) is 35.4 Å². The first-order valence-electron chi connectivity index (χ1n) is 6.20. The molecule has 1 aromatic rings. The molecule has 0 radical (unpaired) electrons. The highest BCUT2D eigenvalue weighted by atomic mass is 19.1. The van der Waals surface area contributed by atoms with Crippen LogP contribution in [0.25, 0.3) is 0 Å². The van der Waals surface area contributed by atoms with Gasteiger partial charge < -0.3 is 15.0 Å². The Bertz CT molecular complexity index is 478. The van der Waals surface area contributed by atoms with E-state index in [1.165, 1.54) is 12.1 Å². The first-order chi connectivity index (χ1) is 8.64. The maximum absolute atomic E-state index is 13.7. The predicted octanol–water partition coefficient (Wildman–Crippen LogP) is 2.60. The molecule has 1 heterocycles. The third kappa shape index (κ3) is 2.52. The molecule has 2 N–H and O–H groups in total. The predicted molar refractivity (Wildman–Crippen MR) is 69.4 cm³/mol. The van der Waals surface area contributed by atoms with E-state index < -0.39 is 35.9 Å². The molecular formula is C13H18BF2NO2. The second-order valence-electron chi connectivity index (χ2n) is 5.82. The Hall–Kier alpha value is -0.975. The topological polar surface area (TPSA) is 44.5 Å². The summed E-state index contributed by atoms with van der Waals surface area (Å²) in [7, 11) is -0.759. The molecule has 1 aliphatic rings. The quantitative estimate of drug-likeness (QED) is 0.839. The molecule has 1 aliphatic heterocycles. The average molecular weight is 269 g/mol. The van der Waals surface area contributed by atoms with Gasteiger partial charge in [-0.1, -0.05) is 6.07 Å². The Balaban J connectivity index is 2.24. The molecule has 0 aromatic heterocycles. The number of halogens is 2. The highest BCUT2D eigenvalue weighted by Crippen LogP contribution is 2.39. The summed E-state index contributed by atoms with van der Waals surface area (Å²) >= 11 is 0. The summed E-state index contributed by atoms with van der Waals surface area (Å²) in [6.45, 7) is 7.56. The second-order valence-corrected chi connectivity index (χ2v) is 5.82. The van der Waals surface area contributed by atoms with Crippen LogP contribution in [0.2, 0.25) is 0 Å². The van der Waals surface area contributed by atoms with E-state index in [9.17, 15) is 8.78 Å². The molecule has 1 fully saturated rings. The lowest BCUT2D eigenvalue weighted by Gasteiger charge is -2.32. The summed E-state index contributed by atoms with van der Waals surface area (Å²) in [6.07, 6.45) is 0. The van der Waals surface area contributed by atoms with E-state index in [2.05, 4.69) is 0 Å². The van der Waals surface area contributed by atoms with E-state index in [-0.39, 0.29) is 5.56 Å². The van der Waals surface area contributed by atoms with Gasteiger partial charge in [0.15, 0.2) is 0 Å². The van der Waals surface area contributed by atoms with Crippen LogP contribution in [0.5, 0.6) is 0 Å². The Morgan fingerprint density at radius 1 is 1.11 bits per heavy atom. The van der Waals surface area contributed by atoms with Gasteiger partial charge in [-0.3, -0.25) is 0 Å². The van der Waals surface area contributed by atoms with E-state index in [4.69, 9.17) is 15.0 Å². The molecule has 2 rings (SSSR count). The largest absolute Gasteiger partial charge is 0.480 e. The van der Waals surface area contributed by atoms with Crippen LogP contribution in [0.4, 0.5) is 8.78 Å². The molecule has 0 aliphatic carbocycles. The van der Waals surface area contributed by atoms with Crippen molar-refractivity contribution in [1.82, 2.24) is 0 Å². The molecular weight excluding hydrogens is 251 g/mol. The SMILES string of the molecule is CC1(C)OB([C@@H](N)c2ccc(F)cc2F)OC1(C)C. The fourth-order valence-electron chi connectivity index (χ4n) is 1.95. The van der Waals surface area contributed by atoms with Crippen molar-refractivity contribution in [3.63, 3.8) is 0 Å². The minimum atomic E-state index is -0.804. The second kappa shape index (κ2) is 4.54. The van der Waals surface area contributed by atoms with Crippen LogP contribution in [0.1, 0.15) is 39.2 Å². The van der Waals surface area contributed by atoms with Crippen LogP contribution in [-0.4, -0.2) is 18.3 Å². The molecule has 0 spiro atoms. The van der Waals surface area contributed by atoms with E-state index in [0.717, 1.165) is 6.07 Å². The average Bonchev–Trinajstić information content (AvgIpc) is 2.47. The maximum atomic E-state index is 13.7. The van der Waals surface area contributed by atoms with Crippen LogP contribution >= 0.6 is 0 Å². The summed E-state index contributed by atoms with van der Waals surface area (Å²) in [5.74, 6) is -2.13. The van der Waals surface area contributed by atoms with Crippen molar-refractivity contribution >= 4 is 7.12 Å². The third-order valence-electron chi connectivity index (χ3n) is 3.89. The minimum absolute atomic E-state index is 0.180. The van der Waals surface area contributed by atoms with Crippen LogP contribution < -0.4 is 5.73 Å². The Morgan fingerprint density at radius 3 is 2.11 bits per heavy atom. The zero-order valence-electron chi connectivity index (χ0n) is 11.5. The first kappa shape index (κ1) is 14.4. The van der Waals surface area contributed by atoms with Gasteiger partial charge in [0.2, 0.25) is 0 Å². The van der Waals surface area contributed by atoms with Crippen LogP contribution in [-0.2, 0) is 9.31 Å². The van der Waals surface area contributed by atoms with Crippen LogP contribution in [0.15, 0.2) is 18.2 Å². The lowest BCUT2D eigenvalue weighted by molar-refractivity contribution is 0.00578. The van der Waals surface area contributed by atoms with Gasteiger partial charge in [-0.05, 0) is 33.8 Å². The van der Waals surface area contributed by atoms with E-state index >= 15 is 0 Å². The number of nitrogens with two attached hydrogens (primary N) is 1. The summed E-state index contributed by atoms with van der Waals surface area (Å²) in [5, 5.41) is 0. The van der Waals surface area contributed by atoms with Crippen molar-refractivity contribution in [2.24, 2.45) is 5.73 Å². The molecule has 6 heteroatoms. The highest BCUT2D eigenvalue weighted by molar-refractivity contribution is 6.47. The summed E-state index contributed by atoms with van der Waals surface area (Å²) in [5.41, 5.74) is 5.09. The van der Waals surface area contributed by atoms with Gasteiger partial charge in [0.1, 0.15) is 11.6 Å². The van der Waals surface area contributed by atoms with Crippen molar-refractivity contribution < 1.29 is 18.1 Å². The molecule has 3 nitrogen and oxygen atoms in total. The van der Waals surface area contributed by atoms with Gasteiger partial charge in [0.25, 0.3) is 0 Å². The third-order valence-corrected chi connectivity index (χ3v) is 3.89. The summed E-state index contributed by atoms with van der Waals surface area (Å²) in [4.78, 5) is 0. The van der Waals surface area contributed by atoms with Crippen LogP contribution in [0.3, 0.4) is 0 Å². The first-order valence-corrected chi connectivity index (χ1v) is 6.20. The van der Waals surface area contributed by atoms with E-state index in [1.807, 2.05) is 27.7 Å². The fraction of sp³-hybridized carbons (Fsp3) is 0.538. The van der Waals surface area contributed by atoms with Gasteiger partial charge in [0.05, 0.1) is 17.1 Å². The number of rotatable bonds is 2. The standard InChI is InChI=1S/C13H18BF2NO2/c1-12(2)13(3,4)19-14(18-12)11(17)9-6-5-8(15)7-10(9)16/h5-7,11H,17H2,1-4H3/t11-/m0/s1. The normalized spacial score (nSPS) is 22.6. The summed E-state index contributed by atoms with van der Waals surface area (Å²) in [6, 6.07) is 3.30. The molecule has 1 atom stereocenters. The molecule has 104 valence electrons. The monoisotopic (exact) mass is 269 g/mol. The van der Waals surface area contributed by atoms with Gasteiger partial charge in [-0.15, -0.1) is 0 Å². The van der Waals surface area contributed by atoms with Gasteiger partial charge in [-0.2, -0.15) is 0 Å². The minimum Gasteiger partial charge on any atom is -0.402 e. The highest BCUT2D eigenvalue weighted by Gasteiger charge is 2.53. The Kier molecular flexibility index (Phi) is 3.45. The molecule has 0 amide bonds. The molecule has 1 aromatic carbocycles. The molecule has 0 unspecified atom stereocenters. The van der Waals surface area contributed by atoms with E-state index in [1.54, 1.807) is 0 Å². The van der Waals surface area contributed by atoms with Crippen molar-refractivity contribution in [1.29, 1.82) is 0 Å². The van der Waals surface area contributed by atoms with Crippen molar-refractivity contribution in [2.45, 2.75) is 44.8 Å². The molecule has 0 bridgehead atoms. The Labute approximate surface area is 112 Å². The zero-order chi connectivity index (χ0) is 14.4. The van der Waals surface area contributed by atoms with Gasteiger partial charge in [0, 0.05) is 11.6 Å². The lowest BCUT2D eigenvalue weighted by Crippen LogP contribution is -2.41. The molecule has 0 saturated carbocycles. The number of hydrogen-bond donors (Lipinski definition) is 1. The summed E-state index contributed by atoms with van der Waals surface area (Å²) < 4.78 is 38.1. The van der Waals surface area contributed by atoms with Crippen molar-refractivity contribution in [2.75, 3.05) is 0 Å². The van der Waals surface area contributed by atoms with E-state index in [0.29, 0.717) is 0 Å². The zero-order valence-corrected chi connectivity index (χ0v) is 11.5. The molecule has 19 heavy (non-hydrogen) atoms. The fourth-order valence-corrected chi connectivity index (χ4v) is 1.95. The van der Waals surface area contributed by atoms with Gasteiger partial charge in [-0.25, -0.2) is 8.78 Å². The Morgan fingerprint density at radius 2 is 1.63 bits per heavy atom. The van der Waals surface area contributed by atoms with Crippen LogP contribution in [0, 0.1) is 11.6 Å². The van der Waals surface area contributed by atoms with Crippen molar-refractivity contribution in [3.8, 4) is 0 Å². The number of benzene rings is 1. The van der Waals surface area contributed by atoms with Gasteiger partial charge >= 0.3 is 7.12 Å².